The maximum Gasteiger partial charge on any atom is 0.276 e. The number of ether oxygens (including phenoxy) is 2. The van der Waals surface area contributed by atoms with Crippen LogP contribution in [-0.2, 0) is 6.54 Å². The molecule has 0 aliphatic carbocycles. The van der Waals surface area contributed by atoms with Gasteiger partial charge in [0.15, 0.2) is 5.69 Å². The van der Waals surface area contributed by atoms with Crippen molar-refractivity contribution < 1.29 is 14.3 Å². The Bertz CT molecular complexity index is 950. The number of hydrogen-bond acceptors (Lipinski definition) is 6. The average Bonchev–Trinajstić information content (AvgIpc) is 2.74. The largest absolute Gasteiger partial charge is 0.495 e. The average molecular weight is 399 g/mol. The second-order valence-corrected chi connectivity index (χ2v) is 6.19. The summed E-state index contributed by atoms with van der Waals surface area (Å²) in [4.78, 5) is 12.5. The molecule has 0 radical (unpaired) electrons. The SMILES string of the molecule is COc1cc(NC(=O)c2ccc(NCc3ccccc3)nn2)c(OC)cc1Cl. The highest BCUT2D eigenvalue weighted by Crippen LogP contribution is 2.36. The molecule has 0 atom stereocenters. The fourth-order valence-electron chi connectivity index (χ4n) is 2.48. The molecule has 0 aliphatic rings. The standard InChI is InChI=1S/C20H19ClN4O3/c1-27-17-11-16(18(28-2)10-14(17)21)23-20(26)15-8-9-19(25-24-15)22-12-13-6-4-3-5-7-13/h3-11H,12H2,1-2H3,(H,22,25)(H,23,26). The smallest absolute Gasteiger partial charge is 0.276 e. The lowest BCUT2D eigenvalue weighted by Crippen LogP contribution is -2.15. The lowest BCUT2D eigenvalue weighted by Gasteiger charge is -2.13. The predicted octanol–water partition coefficient (Wildman–Crippen LogP) is 4.01. The van der Waals surface area contributed by atoms with E-state index in [1.54, 1.807) is 24.3 Å². The van der Waals surface area contributed by atoms with Crippen LogP contribution in [0.5, 0.6) is 11.5 Å². The molecule has 0 saturated heterocycles. The number of benzene rings is 2. The molecule has 2 aromatic carbocycles. The summed E-state index contributed by atoms with van der Waals surface area (Å²) in [5.74, 6) is 0.980. The maximum atomic E-state index is 12.5. The topological polar surface area (TPSA) is 85.4 Å². The molecular formula is C20H19ClN4O3. The molecular weight excluding hydrogens is 380 g/mol. The minimum atomic E-state index is -0.426. The minimum absolute atomic E-state index is 0.168. The summed E-state index contributed by atoms with van der Waals surface area (Å²) in [5, 5.41) is 14.3. The fraction of sp³-hybridized carbons (Fsp3) is 0.150. The number of amides is 1. The van der Waals surface area contributed by atoms with Crippen molar-refractivity contribution >= 4 is 29.0 Å². The third kappa shape index (κ3) is 4.69. The quantitative estimate of drug-likeness (QED) is 0.625. The molecule has 0 fully saturated rings. The van der Waals surface area contributed by atoms with E-state index in [1.165, 1.54) is 14.2 Å². The normalized spacial score (nSPS) is 10.2. The van der Waals surface area contributed by atoms with Crippen LogP contribution in [0.25, 0.3) is 0 Å². The van der Waals surface area contributed by atoms with Crippen LogP contribution in [0.4, 0.5) is 11.5 Å². The molecule has 0 aliphatic heterocycles. The molecule has 3 rings (SSSR count). The summed E-state index contributed by atoms with van der Waals surface area (Å²) in [6, 6.07) is 16.4. The lowest BCUT2D eigenvalue weighted by atomic mass is 10.2. The highest BCUT2D eigenvalue weighted by atomic mass is 35.5. The van der Waals surface area contributed by atoms with E-state index in [9.17, 15) is 4.79 Å². The van der Waals surface area contributed by atoms with Gasteiger partial charge in [-0.3, -0.25) is 4.79 Å². The van der Waals surface area contributed by atoms with Crippen LogP contribution in [0.15, 0.2) is 54.6 Å². The van der Waals surface area contributed by atoms with Gasteiger partial charge in [-0.1, -0.05) is 41.9 Å². The van der Waals surface area contributed by atoms with Gasteiger partial charge in [0.1, 0.15) is 17.3 Å². The van der Waals surface area contributed by atoms with E-state index >= 15 is 0 Å². The highest BCUT2D eigenvalue weighted by Gasteiger charge is 2.15. The van der Waals surface area contributed by atoms with Gasteiger partial charge < -0.3 is 20.1 Å². The van der Waals surface area contributed by atoms with Crippen molar-refractivity contribution in [1.29, 1.82) is 0 Å². The zero-order valence-corrected chi connectivity index (χ0v) is 16.2. The maximum absolute atomic E-state index is 12.5. The van der Waals surface area contributed by atoms with Crippen molar-refractivity contribution in [2.75, 3.05) is 24.9 Å². The van der Waals surface area contributed by atoms with Gasteiger partial charge in [0.2, 0.25) is 0 Å². The van der Waals surface area contributed by atoms with Crippen LogP contribution in [0.1, 0.15) is 16.1 Å². The number of nitrogens with one attached hydrogen (secondary N) is 2. The molecule has 0 saturated carbocycles. The number of hydrogen-bond donors (Lipinski definition) is 2. The van der Waals surface area contributed by atoms with Gasteiger partial charge in [-0.2, -0.15) is 0 Å². The number of rotatable bonds is 7. The zero-order valence-electron chi connectivity index (χ0n) is 15.4. The van der Waals surface area contributed by atoms with Crippen LogP contribution in [0, 0.1) is 0 Å². The Kier molecular flexibility index (Phi) is 6.29. The van der Waals surface area contributed by atoms with E-state index < -0.39 is 5.91 Å². The van der Waals surface area contributed by atoms with Crippen LogP contribution in [0.3, 0.4) is 0 Å². The molecule has 8 heteroatoms. The first-order valence-corrected chi connectivity index (χ1v) is 8.83. The molecule has 0 spiro atoms. The monoisotopic (exact) mass is 398 g/mol. The fourth-order valence-corrected chi connectivity index (χ4v) is 2.71. The van der Waals surface area contributed by atoms with Crippen molar-refractivity contribution in [1.82, 2.24) is 10.2 Å². The van der Waals surface area contributed by atoms with Gasteiger partial charge in [0.25, 0.3) is 5.91 Å². The van der Waals surface area contributed by atoms with Crippen molar-refractivity contribution in [3.8, 4) is 11.5 Å². The molecule has 144 valence electrons. The summed E-state index contributed by atoms with van der Waals surface area (Å²) in [6.07, 6.45) is 0. The number of halogens is 1. The van der Waals surface area contributed by atoms with E-state index in [0.717, 1.165) is 5.56 Å². The summed E-state index contributed by atoms with van der Waals surface area (Å²) in [6.45, 7) is 0.614. The minimum Gasteiger partial charge on any atom is -0.495 e. The van der Waals surface area contributed by atoms with Crippen LogP contribution in [-0.4, -0.2) is 30.3 Å². The van der Waals surface area contributed by atoms with Gasteiger partial charge in [-0.05, 0) is 17.7 Å². The van der Waals surface area contributed by atoms with E-state index in [0.29, 0.717) is 34.6 Å². The van der Waals surface area contributed by atoms with Gasteiger partial charge in [0, 0.05) is 18.7 Å². The molecule has 3 aromatic rings. The predicted molar refractivity (Wildman–Crippen MR) is 108 cm³/mol. The molecule has 1 heterocycles. The van der Waals surface area contributed by atoms with Gasteiger partial charge >= 0.3 is 0 Å². The molecule has 1 aromatic heterocycles. The van der Waals surface area contributed by atoms with Gasteiger partial charge in [-0.25, -0.2) is 0 Å². The Labute approximate surface area is 167 Å². The third-order valence-electron chi connectivity index (χ3n) is 3.94. The number of methoxy groups -OCH3 is 2. The van der Waals surface area contributed by atoms with Gasteiger partial charge in [0.05, 0.1) is 24.9 Å². The zero-order chi connectivity index (χ0) is 19.9. The van der Waals surface area contributed by atoms with E-state index in [2.05, 4.69) is 20.8 Å². The Hall–Kier alpha value is -3.32. The summed E-state index contributed by atoms with van der Waals surface area (Å²) >= 11 is 6.08. The van der Waals surface area contributed by atoms with Crippen LogP contribution in [0.2, 0.25) is 5.02 Å². The van der Waals surface area contributed by atoms with Crippen LogP contribution < -0.4 is 20.1 Å². The number of carbonyl (C=O) groups excluding carboxylic acids is 1. The van der Waals surface area contributed by atoms with Crippen molar-refractivity contribution in [2.24, 2.45) is 0 Å². The van der Waals surface area contributed by atoms with Crippen molar-refractivity contribution in [3.05, 3.63) is 70.9 Å². The highest BCUT2D eigenvalue weighted by molar-refractivity contribution is 6.32. The molecule has 7 nitrogen and oxygen atoms in total. The Morgan fingerprint density at radius 1 is 1.00 bits per heavy atom. The van der Waals surface area contributed by atoms with Crippen molar-refractivity contribution in [2.45, 2.75) is 6.54 Å². The first-order valence-electron chi connectivity index (χ1n) is 8.45. The number of anilines is 2. The molecule has 0 bridgehead atoms. The van der Waals surface area contributed by atoms with E-state index in [-0.39, 0.29) is 5.69 Å². The summed E-state index contributed by atoms with van der Waals surface area (Å²) in [7, 11) is 2.98. The molecule has 2 N–H and O–H groups in total. The van der Waals surface area contributed by atoms with Gasteiger partial charge in [-0.15, -0.1) is 10.2 Å². The lowest BCUT2D eigenvalue weighted by molar-refractivity contribution is 0.102. The first kappa shape index (κ1) is 19.4. The molecule has 28 heavy (non-hydrogen) atoms. The second kappa shape index (κ2) is 9.05. The Morgan fingerprint density at radius 3 is 2.39 bits per heavy atom. The molecule has 1 amide bonds. The van der Waals surface area contributed by atoms with E-state index in [4.69, 9.17) is 21.1 Å². The van der Waals surface area contributed by atoms with Crippen LogP contribution >= 0.6 is 11.6 Å². The Morgan fingerprint density at radius 2 is 1.75 bits per heavy atom. The molecule has 0 unspecified atom stereocenters. The first-order chi connectivity index (χ1) is 13.6. The summed E-state index contributed by atoms with van der Waals surface area (Å²) in [5.41, 5.74) is 1.71. The third-order valence-corrected chi connectivity index (χ3v) is 4.23. The Balaban J connectivity index is 1.68. The second-order valence-electron chi connectivity index (χ2n) is 5.78. The van der Waals surface area contributed by atoms with Crippen molar-refractivity contribution in [3.63, 3.8) is 0 Å². The number of carbonyl (C=O) groups is 1. The summed E-state index contributed by atoms with van der Waals surface area (Å²) < 4.78 is 10.4. The number of aromatic nitrogens is 2. The number of nitrogens with zero attached hydrogens (tertiary/aromatic N) is 2. The van der Waals surface area contributed by atoms with E-state index in [1.807, 2.05) is 30.3 Å².